The summed E-state index contributed by atoms with van der Waals surface area (Å²) in [6.07, 6.45) is 0. The number of rotatable bonds is 4. The molecule has 0 saturated carbocycles. The third kappa shape index (κ3) is 3.48. The molecule has 5 rings (SSSR count). The number of hydrogen-bond acceptors (Lipinski definition) is 4. The van der Waals surface area contributed by atoms with Crippen LogP contribution in [0.25, 0.3) is 16.3 Å². The van der Waals surface area contributed by atoms with Crippen molar-refractivity contribution in [2.24, 2.45) is 0 Å². The number of halogens is 1. The van der Waals surface area contributed by atoms with Crippen LogP contribution in [0.5, 0.6) is 0 Å². The lowest BCUT2D eigenvalue weighted by Crippen LogP contribution is -2.47. The number of benzene rings is 3. The lowest BCUT2D eigenvalue weighted by Gasteiger charge is -2.36. The van der Waals surface area contributed by atoms with Crippen LogP contribution in [-0.4, -0.2) is 54.3 Å². The summed E-state index contributed by atoms with van der Waals surface area (Å²) in [6, 6.07) is 20.7. The monoisotopic (exact) mass is 445 g/mol. The molecule has 5 nitrogen and oxygen atoms in total. The molecule has 0 atom stereocenters. The molecular formula is C26H24ClN3O2. The lowest BCUT2D eigenvalue weighted by molar-refractivity contribution is -0.120. The molecule has 2 amide bonds. The molecule has 6 heteroatoms. The van der Waals surface area contributed by atoms with Crippen molar-refractivity contribution < 1.29 is 9.59 Å². The molecule has 2 aliphatic heterocycles. The van der Waals surface area contributed by atoms with Crippen LogP contribution < -0.4 is 4.90 Å². The van der Waals surface area contributed by atoms with Gasteiger partial charge in [-0.2, -0.15) is 0 Å². The third-order valence-electron chi connectivity index (χ3n) is 6.34. The summed E-state index contributed by atoms with van der Waals surface area (Å²) >= 11 is 6.10. The summed E-state index contributed by atoms with van der Waals surface area (Å²) in [7, 11) is 0. The van der Waals surface area contributed by atoms with E-state index in [1.165, 1.54) is 4.90 Å². The Bertz CT molecular complexity index is 1220. The second kappa shape index (κ2) is 8.41. The molecule has 3 aromatic rings. The number of nitrogens with zero attached hydrogens (tertiary/aromatic N) is 3. The van der Waals surface area contributed by atoms with Crippen LogP contribution >= 0.6 is 11.6 Å². The summed E-state index contributed by atoms with van der Waals surface area (Å²) in [5.41, 5.74) is 2.26. The van der Waals surface area contributed by atoms with E-state index in [0.29, 0.717) is 40.6 Å². The average molecular weight is 446 g/mol. The highest BCUT2D eigenvalue weighted by molar-refractivity contribution is 6.46. The Kier molecular flexibility index (Phi) is 5.45. The third-order valence-corrected chi connectivity index (χ3v) is 6.59. The Morgan fingerprint density at radius 1 is 0.812 bits per heavy atom. The lowest BCUT2D eigenvalue weighted by atomic mass is 10.0. The summed E-state index contributed by atoms with van der Waals surface area (Å²) in [5, 5.41) is 2.46. The highest BCUT2D eigenvalue weighted by atomic mass is 35.5. The van der Waals surface area contributed by atoms with E-state index >= 15 is 0 Å². The zero-order valence-electron chi connectivity index (χ0n) is 17.9. The van der Waals surface area contributed by atoms with E-state index in [1.54, 1.807) is 12.1 Å². The van der Waals surface area contributed by atoms with Crippen LogP contribution in [0.4, 0.5) is 5.69 Å². The molecule has 0 bridgehead atoms. The predicted octanol–water partition coefficient (Wildman–Crippen LogP) is 4.42. The van der Waals surface area contributed by atoms with Crippen molar-refractivity contribution in [2.45, 2.75) is 6.92 Å². The molecule has 162 valence electrons. The van der Waals surface area contributed by atoms with E-state index in [-0.39, 0.29) is 11.8 Å². The van der Waals surface area contributed by atoms with Gasteiger partial charge >= 0.3 is 0 Å². The van der Waals surface area contributed by atoms with Gasteiger partial charge in [-0.3, -0.25) is 9.59 Å². The van der Waals surface area contributed by atoms with Crippen LogP contribution in [0.3, 0.4) is 0 Å². The van der Waals surface area contributed by atoms with E-state index in [1.807, 2.05) is 54.6 Å². The first-order valence-electron chi connectivity index (χ1n) is 10.9. The molecule has 0 spiro atoms. The molecule has 0 N–H and O–H groups in total. The highest BCUT2D eigenvalue weighted by Crippen LogP contribution is 2.38. The first kappa shape index (κ1) is 20.7. The van der Waals surface area contributed by atoms with Gasteiger partial charge in [0, 0.05) is 36.6 Å². The molecule has 1 fully saturated rings. The molecule has 0 radical (unpaired) electrons. The molecule has 0 aromatic heterocycles. The summed E-state index contributed by atoms with van der Waals surface area (Å²) < 4.78 is 0. The van der Waals surface area contributed by atoms with Gasteiger partial charge in [-0.25, -0.2) is 4.90 Å². The maximum atomic E-state index is 13.8. The molecule has 1 saturated heterocycles. The van der Waals surface area contributed by atoms with Crippen molar-refractivity contribution in [3.05, 3.63) is 83.0 Å². The minimum Gasteiger partial charge on any atom is -0.364 e. The van der Waals surface area contributed by atoms with Crippen LogP contribution in [0.15, 0.2) is 72.4 Å². The second-order valence-corrected chi connectivity index (χ2v) is 8.53. The zero-order chi connectivity index (χ0) is 22.2. The molecule has 2 heterocycles. The number of carbonyl (C=O) groups is 2. The Labute approximate surface area is 192 Å². The van der Waals surface area contributed by atoms with E-state index in [9.17, 15) is 9.59 Å². The number of hydrogen-bond donors (Lipinski definition) is 0. The fourth-order valence-electron chi connectivity index (χ4n) is 4.60. The van der Waals surface area contributed by atoms with Crippen LogP contribution in [0.2, 0.25) is 5.02 Å². The molecule has 32 heavy (non-hydrogen) atoms. The Balaban J connectivity index is 1.62. The maximum absolute atomic E-state index is 13.8. The molecule has 3 aromatic carbocycles. The molecule has 0 aliphatic carbocycles. The van der Waals surface area contributed by atoms with E-state index in [2.05, 4.69) is 16.7 Å². The normalized spacial score (nSPS) is 17.7. The number of likely N-dealkylation sites (N-methyl/N-ethyl adjacent to an activating group) is 1. The SMILES string of the molecule is CCN1CCN(C2=C(c3ccc(Cl)cc3)C(=O)N(c3cccc4ccccc34)C2=O)CC1. The van der Waals surface area contributed by atoms with Crippen molar-refractivity contribution in [3.63, 3.8) is 0 Å². The van der Waals surface area contributed by atoms with Gasteiger partial charge in [0.2, 0.25) is 0 Å². The number of fused-ring (bicyclic) bond motifs is 1. The van der Waals surface area contributed by atoms with Crippen LogP contribution in [-0.2, 0) is 9.59 Å². The van der Waals surface area contributed by atoms with Crippen molar-refractivity contribution in [1.82, 2.24) is 9.80 Å². The quantitative estimate of drug-likeness (QED) is 0.558. The molecule has 2 aliphatic rings. The van der Waals surface area contributed by atoms with Gasteiger partial charge in [0.25, 0.3) is 11.8 Å². The summed E-state index contributed by atoms with van der Waals surface area (Å²) in [5.74, 6) is -0.553. The van der Waals surface area contributed by atoms with E-state index < -0.39 is 0 Å². The predicted molar refractivity (Wildman–Crippen MR) is 129 cm³/mol. The smallest absolute Gasteiger partial charge is 0.282 e. The van der Waals surface area contributed by atoms with Gasteiger partial charge in [0.15, 0.2) is 0 Å². The molecule has 0 unspecified atom stereocenters. The number of imide groups is 1. The minimum absolute atomic E-state index is 0.263. The minimum atomic E-state index is -0.290. The van der Waals surface area contributed by atoms with Crippen molar-refractivity contribution in [3.8, 4) is 0 Å². The summed E-state index contributed by atoms with van der Waals surface area (Å²) in [4.78, 5) is 33.4. The number of amides is 2. The highest BCUT2D eigenvalue weighted by Gasteiger charge is 2.43. The van der Waals surface area contributed by atoms with Gasteiger partial charge in [-0.05, 0) is 35.7 Å². The van der Waals surface area contributed by atoms with Gasteiger partial charge < -0.3 is 9.80 Å². The van der Waals surface area contributed by atoms with Gasteiger partial charge in [-0.1, -0.05) is 67.1 Å². The van der Waals surface area contributed by atoms with Crippen molar-refractivity contribution in [2.75, 3.05) is 37.6 Å². The largest absolute Gasteiger partial charge is 0.364 e. The zero-order valence-corrected chi connectivity index (χ0v) is 18.7. The number of carbonyl (C=O) groups excluding carboxylic acids is 2. The van der Waals surface area contributed by atoms with E-state index in [4.69, 9.17) is 11.6 Å². The second-order valence-electron chi connectivity index (χ2n) is 8.10. The first-order chi connectivity index (χ1) is 15.6. The molecular weight excluding hydrogens is 422 g/mol. The van der Waals surface area contributed by atoms with Crippen LogP contribution in [0.1, 0.15) is 12.5 Å². The maximum Gasteiger partial charge on any atom is 0.282 e. The topological polar surface area (TPSA) is 43.9 Å². The average Bonchev–Trinajstić information content (AvgIpc) is 3.09. The van der Waals surface area contributed by atoms with E-state index in [0.717, 1.165) is 30.4 Å². The van der Waals surface area contributed by atoms with Gasteiger partial charge in [-0.15, -0.1) is 0 Å². The first-order valence-corrected chi connectivity index (χ1v) is 11.3. The Morgan fingerprint density at radius 3 is 2.22 bits per heavy atom. The van der Waals surface area contributed by atoms with Gasteiger partial charge in [0.05, 0.1) is 11.3 Å². The number of anilines is 1. The van der Waals surface area contributed by atoms with Crippen LogP contribution in [0, 0.1) is 0 Å². The summed E-state index contributed by atoms with van der Waals surface area (Å²) in [6.45, 7) is 6.27. The fourth-order valence-corrected chi connectivity index (χ4v) is 4.72. The number of piperazine rings is 1. The van der Waals surface area contributed by atoms with Gasteiger partial charge in [0.1, 0.15) is 5.70 Å². The Morgan fingerprint density at radius 2 is 1.50 bits per heavy atom. The standard InChI is InChI=1S/C26H24ClN3O2/c1-2-28-14-16-29(17-15-28)24-23(19-10-12-20(27)13-11-19)25(31)30(26(24)32)22-9-5-7-18-6-3-4-8-21(18)22/h3-13H,2,14-17H2,1H3. The fraction of sp³-hybridized carbons (Fsp3) is 0.231. The van der Waals surface area contributed by atoms with Crippen molar-refractivity contribution in [1.29, 1.82) is 0 Å². The van der Waals surface area contributed by atoms with Crippen molar-refractivity contribution >= 4 is 45.4 Å². The Hall–Kier alpha value is -3.15.